The summed E-state index contributed by atoms with van der Waals surface area (Å²) in [5.74, 6) is 2.14. The molecule has 1 saturated heterocycles. The highest BCUT2D eigenvalue weighted by Gasteiger charge is 2.27. The van der Waals surface area contributed by atoms with Crippen LogP contribution in [0.4, 0.5) is 11.4 Å². The molecule has 1 N–H and O–H groups in total. The maximum absolute atomic E-state index is 10.7. The lowest BCUT2D eigenvalue weighted by atomic mass is 10.2. The van der Waals surface area contributed by atoms with Crippen LogP contribution in [0.5, 0.6) is 5.88 Å². The number of fused-ring (bicyclic) bond motifs is 1. The van der Waals surface area contributed by atoms with Gasteiger partial charge in [-0.05, 0) is 24.3 Å². The van der Waals surface area contributed by atoms with E-state index in [9.17, 15) is 5.11 Å². The van der Waals surface area contributed by atoms with Gasteiger partial charge in [-0.25, -0.2) is 0 Å². The summed E-state index contributed by atoms with van der Waals surface area (Å²) in [6.07, 6.45) is 0. The van der Waals surface area contributed by atoms with Crippen molar-refractivity contribution in [3.63, 3.8) is 0 Å². The lowest BCUT2D eigenvalue weighted by molar-refractivity contribution is 0.406. The molecule has 0 spiro atoms. The Morgan fingerprint density at radius 2 is 1.75 bits per heavy atom. The molecule has 4 nitrogen and oxygen atoms in total. The van der Waals surface area contributed by atoms with Gasteiger partial charge >= 0.3 is 0 Å². The average Bonchev–Trinajstić information content (AvgIpc) is 2.76. The molecule has 0 amide bonds. The van der Waals surface area contributed by atoms with Gasteiger partial charge in [0.1, 0.15) is 0 Å². The number of thioether (sulfide) groups is 1. The standard InChI is InChI=1S/C17H13Cl2N3OS/c18-10-5-11(19)7-12(6-10)20-21-16-14-3-1-2-4-15(14)22(17(16)23)13-8-24-9-13/h1-7,13,23H,8-9H2. The summed E-state index contributed by atoms with van der Waals surface area (Å²) in [6, 6.07) is 13.1. The minimum atomic E-state index is 0.151. The molecule has 2 aromatic carbocycles. The van der Waals surface area contributed by atoms with Gasteiger partial charge in [-0.1, -0.05) is 41.4 Å². The van der Waals surface area contributed by atoms with Gasteiger partial charge in [0.2, 0.25) is 5.88 Å². The fourth-order valence-corrected chi connectivity index (χ4v) is 4.04. The van der Waals surface area contributed by atoms with Gasteiger partial charge in [0.15, 0.2) is 5.69 Å². The van der Waals surface area contributed by atoms with Gasteiger partial charge in [0, 0.05) is 26.9 Å². The van der Waals surface area contributed by atoms with E-state index in [0.29, 0.717) is 27.5 Å². The van der Waals surface area contributed by atoms with Gasteiger partial charge in [-0.2, -0.15) is 16.9 Å². The number of rotatable bonds is 3. The van der Waals surface area contributed by atoms with Crippen LogP contribution in [0.2, 0.25) is 10.0 Å². The van der Waals surface area contributed by atoms with Crippen LogP contribution < -0.4 is 0 Å². The Morgan fingerprint density at radius 3 is 2.42 bits per heavy atom. The molecule has 24 heavy (non-hydrogen) atoms. The van der Waals surface area contributed by atoms with Crippen molar-refractivity contribution in [3.05, 3.63) is 52.5 Å². The highest BCUT2D eigenvalue weighted by molar-refractivity contribution is 8.00. The molecule has 1 aliphatic heterocycles. The van der Waals surface area contributed by atoms with E-state index in [2.05, 4.69) is 10.2 Å². The molecule has 122 valence electrons. The maximum Gasteiger partial charge on any atom is 0.221 e. The number of aromatic nitrogens is 1. The van der Waals surface area contributed by atoms with E-state index >= 15 is 0 Å². The maximum atomic E-state index is 10.7. The Kier molecular flexibility index (Phi) is 4.16. The fraction of sp³-hybridized carbons (Fsp3) is 0.176. The van der Waals surface area contributed by atoms with Crippen molar-refractivity contribution in [2.24, 2.45) is 10.2 Å². The first-order chi connectivity index (χ1) is 11.6. The molecule has 2 heterocycles. The monoisotopic (exact) mass is 377 g/mol. The molecule has 0 saturated carbocycles. The van der Waals surface area contributed by atoms with E-state index in [1.807, 2.05) is 40.6 Å². The molecule has 1 aromatic heterocycles. The summed E-state index contributed by atoms with van der Waals surface area (Å²) in [4.78, 5) is 0. The number of aromatic hydroxyl groups is 1. The van der Waals surface area contributed by atoms with Gasteiger partial charge in [0.25, 0.3) is 0 Å². The van der Waals surface area contributed by atoms with Crippen LogP contribution >= 0.6 is 35.0 Å². The van der Waals surface area contributed by atoms with Gasteiger partial charge in [0.05, 0.1) is 17.2 Å². The highest BCUT2D eigenvalue weighted by Crippen LogP contribution is 2.44. The van der Waals surface area contributed by atoms with E-state index in [4.69, 9.17) is 23.2 Å². The summed E-state index contributed by atoms with van der Waals surface area (Å²) < 4.78 is 1.95. The molecule has 1 fully saturated rings. The minimum Gasteiger partial charge on any atom is -0.493 e. The van der Waals surface area contributed by atoms with Crippen molar-refractivity contribution in [1.29, 1.82) is 0 Å². The molecule has 0 atom stereocenters. The third-order valence-corrected chi connectivity index (χ3v) is 5.63. The van der Waals surface area contributed by atoms with Crippen LogP contribution in [0, 0.1) is 0 Å². The molecule has 0 bridgehead atoms. The van der Waals surface area contributed by atoms with E-state index in [-0.39, 0.29) is 5.88 Å². The Balaban J connectivity index is 1.81. The average molecular weight is 378 g/mol. The van der Waals surface area contributed by atoms with Crippen LogP contribution in [0.15, 0.2) is 52.7 Å². The van der Waals surface area contributed by atoms with Crippen LogP contribution in [-0.2, 0) is 0 Å². The predicted octanol–water partition coefficient (Wildman–Crippen LogP) is 6.36. The fourth-order valence-electron chi connectivity index (χ4n) is 2.78. The lowest BCUT2D eigenvalue weighted by Crippen LogP contribution is -2.22. The van der Waals surface area contributed by atoms with Crippen molar-refractivity contribution in [2.75, 3.05) is 11.5 Å². The molecular formula is C17H13Cl2N3OS. The number of halogens is 2. The molecule has 3 aromatic rings. The molecule has 0 unspecified atom stereocenters. The summed E-state index contributed by atoms with van der Waals surface area (Å²) in [5, 5.41) is 21.0. The van der Waals surface area contributed by atoms with E-state index < -0.39 is 0 Å². The van der Waals surface area contributed by atoms with Gasteiger partial charge in [-0.3, -0.25) is 0 Å². The SMILES string of the molecule is Oc1c(N=Nc2cc(Cl)cc(Cl)c2)c2ccccc2n1C1CSC1. The van der Waals surface area contributed by atoms with Crippen LogP contribution in [0.1, 0.15) is 6.04 Å². The van der Waals surface area contributed by atoms with Crippen LogP contribution in [0.3, 0.4) is 0 Å². The molecule has 0 radical (unpaired) electrons. The summed E-state index contributed by atoms with van der Waals surface area (Å²) in [7, 11) is 0. The van der Waals surface area contributed by atoms with Crippen molar-refractivity contribution in [1.82, 2.24) is 4.57 Å². The summed E-state index contributed by atoms with van der Waals surface area (Å²) >= 11 is 13.8. The zero-order chi connectivity index (χ0) is 16.7. The van der Waals surface area contributed by atoms with Crippen LogP contribution in [0.25, 0.3) is 10.9 Å². The van der Waals surface area contributed by atoms with Crippen molar-refractivity contribution < 1.29 is 5.11 Å². The van der Waals surface area contributed by atoms with Crippen LogP contribution in [-0.4, -0.2) is 21.2 Å². The topological polar surface area (TPSA) is 49.9 Å². The zero-order valence-electron chi connectivity index (χ0n) is 12.5. The lowest BCUT2D eigenvalue weighted by Gasteiger charge is -2.27. The second-order valence-electron chi connectivity index (χ2n) is 5.58. The molecule has 4 rings (SSSR count). The normalized spacial score (nSPS) is 15.2. The van der Waals surface area contributed by atoms with Crippen molar-refractivity contribution in [3.8, 4) is 5.88 Å². The Morgan fingerprint density at radius 1 is 1.04 bits per heavy atom. The Bertz CT molecular complexity index is 930. The molecule has 7 heteroatoms. The number of azo groups is 1. The first-order valence-corrected chi connectivity index (χ1v) is 9.32. The highest BCUT2D eigenvalue weighted by atomic mass is 35.5. The summed E-state index contributed by atoms with van der Waals surface area (Å²) in [6.45, 7) is 0. The van der Waals surface area contributed by atoms with Crippen molar-refractivity contribution >= 4 is 57.2 Å². The Labute approximate surface area is 153 Å². The first kappa shape index (κ1) is 15.8. The van der Waals surface area contributed by atoms with Crippen molar-refractivity contribution in [2.45, 2.75) is 6.04 Å². The largest absolute Gasteiger partial charge is 0.493 e. The van der Waals surface area contributed by atoms with E-state index in [0.717, 1.165) is 22.4 Å². The molecule has 1 aliphatic rings. The number of hydrogen-bond acceptors (Lipinski definition) is 4. The zero-order valence-corrected chi connectivity index (χ0v) is 14.8. The second-order valence-corrected chi connectivity index (χ2v) is 7.53. The van der Waals surface area contributed by atoms with E-state index in [1.54, 1.807) is 18.2 Å². The second kappa shape index (κ2) is 6.31. The quantitative estimate of drug-likeness (QED) is 0.540. The smallest absolute Gasteiger partial charge is 0.221 e. The third kappa shape index (κ3) is 2.77. The number of para-hydroxylation sites is 1. The predicted molar refractivity (Wildman–Crippen MR) is 101 cm³/mol. The van der Waals surface area contributed by atoms with Gasteiger partial charge < -0.3 is 9.67 Å². The number of hydrogen-bond donors (Lipinski definition) is 1. The molecule has 0 aliphatic carbocycles. The third-order valence-electron chi connectivity index (χ3n) is 3.96. The van der Waals surface area contributed by atoms with Gasteiger partial charge in [-0.15, -0.1) is 5.11 Å². The Hall–Kier alpha value is -1.69. The first-order valence-electron chi connectivity index (χ1n) is 7.41. The van der Waals surface area contributed by atoms with E-state index in [1.165, 1.54) is 0 Å². The number of nitrogens with zero attached hydrogens (tertiary/aromatic N) is 3. The molecular weight excluding hydrogens is 365 g/mol. The number of benzene rings is 2. The summed E-state index contributed by atoms with van der Waals surface area (Å²) in [5.41, 5.74) is 1.99. The minimum absolute atomic E-state index is 0.151.